The van der Waals surface area contributed by atoms with Crippen molar-refractivity contribution < 1.29 is 13.5 Å². The van der Waals surface area contributed by atoms with Crippen LogP contribution in [0.5, 0.6) is 0 Å². The van der Waals surface area contributed by atoms with E-state index in [4.69, 9.17) is 5.73 Å². The van der Waals surface area contributed by atoms with E-state index < -0.39 is 10.0 Å². The van der Waals surface area contributed by atoms with Gasteiger partial charge in [0.2, 0.25) is 10.0 Å². The summed E-state index contributed by atoms with van der Waals surface area (Å²) in [4.78, 5) is 0.298. The van der Waals surface area contributed by atoms with Crippen molar-refractivity contribution in [3.8, 4) is 0 Å². The maximum Gasteiger partial charge on any atom is 0.241 e. The molecule has 4 N–H and O–H groups in total. The van der Waals surface area contributed by atoms with Gasteiger partial charge in [-0.15, -0.1) is 0 Å². The van der Waals surface area contributed by atoms with Gasteiger partial charge in [-0.1, -0.05) is 12.1 Å². The van der Waals surface area contributed by atoms with Gasteiger partial charge in [0.25, 0.3) is 0 Å². The molecule has 1 aromatic rings. The molecule has 0 aromatic heterocycles. The van der Waals surface area contributed by atoms with E-state index >= 15 is 0 Å². The highest BCUT2D eigenvalue weighted by atomic mass is 32.2. The van der Waals surface area contributed by atoms with Crippen LogP contribution in [0.2, 0.25) is 0 Å². The summed E-state index contributed by atoms with van der Waals surface area (Å²) in [6.07, 6.45) is 2.36. The first kappa shape index (κ1) is 15.4. The third-order valence-corrected chi connectivity index (χ3v) is 5.46. The molecule has 1 aliphatic rings. The Morgan fingerprint density at radius 2 is 1.95 bits per heavy atom. The van der Waals surface area contributed by atoms with Gasteiger partial charge in [0.05, 0.1) is 11.0 Å². The molecule has 0 radical (unpaired) electrons. The van der Waals surface area contributed by atoms with Gasteiger partial charge in [-0.25, -0.2) is 13.1 Å². The molecule has 0 atom stereocenters. The number of benzene rings is 1. The Bertz CT molecular complexity index is 564. The minimum Gasteiger partial charge on any atom is -0.393 e. The molecule has 0 saturated heterocycles. The maximum absolute atomic E-state index is 12.5. The zero-order valence-corrected chi connectivity index (χ0v) is 12.5. The Morgan fingerprint density at radius 1 is 1.30 bits per heavy atom. The van der Waals surface area contributed by atoms with E-state index in [2.05, 4.69) is 4.72 Å². The summed E-state index contributed by atoms with van der Waals surface area (Å²) in [5.41, 5.74) is 7.08. The zero-order valence-electron chi connectivity index (χ0n) is 11.7. The lowest BCUT2D eigenvalue weighted by Crippen LogP contribution is -2.38. The van der Waals surface area contributed by atoms with Gasteiger partial charge in [-0.3, -0.25) is 0 Å². The topological polar surface area (TPSA) is 92.4 Å². The number of aliphatic hydroxyl groups is 1. The Kier molecular flexibility index (Phi) is 4.80. The summed E-state index contributed by atoms with van der Waals surface area (Å²) >= 11 is 0. The molecule has 0 unspecified atom stereocenters. The Morgan fingerprint density at radius 3 is 2.55 bits per heavy atom. The number of nitrogens with two attached hydrogens (primary N) is 1. The van der Waals surface area contributed by atoms with Crippen molar-refractivity contribution in [2.75, 3.05) is 0 Å². The molecule has 20 heavy (non-hydrogen) atoms. The zero-order chi connectivity index (χ0) is 14.8. The number of hydrogen-bond donors (Lipinski definition) is 3. The summed E-state index contributed by atoms with van der Waals surface area (Å²) in [7, 11) is -3.53. The summed E-state index contributed by atoms with van der Waals surface area (Å²) in [5.74, 6) is 0. The molecule has 0 spiro atoms. The van der Waals surface area contributed by atoms with Gasteiger partial charge in [0.15, 0.2) is 0 Å². The summed E-state index contributed by atoms with van der Waals surface area (Å²) in [6.45, 7) is 2.10. The van der Waals surface area contributed by atoms with Crippen LogP contribution in [0.25, 0.3) is 0 Å². The standard InChI is InChI=1S/C14H22N2O3S/c1-10-2-3-11(9-15)8-14(10)20(18,19)16-12-4-6-13(17)7-5-12/h2-3,8,12-13,16-17H,4-7,9,15H2,1H3. The van der Waals surface area contributed by atoms with Crippen molar-refractivity contribution >= 4 is 10.0 Å². The normalized spacial score (nSPS) is 23.8. The van der Waals surface area contributed by atoms with Crippen molar-refractivity contribution in [1.29, 1.82) is 0 Å². The molecule has 0 amide bonds. The smallest absolute Gasteiger partial charge is 0.241 e. The van der Waals surface area contributed by atoms with Crippen molar-refractivity contribution in [3.63, 3.8) is 0 Å². The minimum atomic E-state index is -3.53. The maximum atomic E-state index is 12.5. The first-order chi connectivity index (χ1) is 9.42. The number of rotatable bonds is 4. The van der Waals surface area contributed by atoms with Gasteiger partial charge in [-0.05, 0) is 49.8 Å². The lowest BCUT2D eigenvalue weighted by atomic mass is 9.94. The summed E-state index contributed by atoms with van der Waals surface area (Å²) < 4.78 is 27.7. The fraction of sp³-hybridized carbons (Fsp3) is 0.571. The SMILES string of the molecule is Cc1ccc(CN)cc1S(=O)(=O)NC1CCC(O)CC1. The first-order valence-corrected chi connectivity index (χ1v) is 8.40. The van der Waals surface area contributed by atoms with Crippen molar-refractivity contribution in [1.82, 2.24) is 4.72 Å². The number of aliphatic hydroxyl groups excluding tert-OH is 1. The van der Waals surface area contributed by atoms with Crippen LogP contribution in [-0.4, -0.2) is 25.7 Å². The van der Waals surface area contributed by atoms with E-state index in [-0.39, 0.29) is 12.1 Å². The van der Waals surface area contributed by atoms with Crippen molar-refractivity contribution in [3.05, 3.63) is 29.3 Å². The highest BCUT2D eigenvalue weighted by molar-refractivity contribution is 7.89. The van der Waals surface area contributed by atoms with Crippen molar-refractivity contribution in [2.45, 2.75) is 56.2 Å². The lowest BCUT2D eigenvalue weighted by Gasteiger charge is -2.26. The van der Waals surface area contributed by atoms with E-state index in [1.165, 1.54) is 0 Å². The highest BCUT2D eigenvalue weighted by Crippen LogP contribution is 2.22. The Balaban J connectivity index is 2.18. The monoisotopic (exact) mass is 298 g/mol. The average molecular weight is 298 g/mol. The van der Waals surface area contributed by atoms with E-state index in [0.29, 0.717) is 42.7 Å². The first-order valence-electron chi connectivity index (χ1n) is 6.92. The second-order valence-electron chi connectivity index (χ2n) is 5.43. The minimum absolute atomic E-state index is 0.0932. The molecule has 1 saturated carbocycles. The number of hydrogen-bond acceptors (Lipinski definition) is 4. The fourth-order valence-electron chi connectivity index (χ4n) is 2.54. The Labute approximate surface area is 120 Å². The highest BCUT2D eigenvalue weighted by Gasteiger charge is 2.25. The third-order valence-electron chi connectivity index (χ3n) is 3.80. The van der Waals surface area contributed by atoms with Crippen LogP contribution in [0, 0.1) is 6.92 Å². The van der Waals surface area contributed by atoms with Gasteiger partial charge in [0.1, 0.15) is 0 Å². The van der Waals surface area contributed by atoms with E-state index in [1.807, 2.05) is 6.07 Å². The van der Waals surface area contributed by atoms with Crippen LogP contribution in [0.4, 0.5) is 0 Å². The molecule has 1 aliphatic carbocycles. The van der Waals surface area contributed by atoms with Crippen LogP contribution in [-0.2, 0) is 16.6 Å². The molecular formula is C14H22N2O3S. The quantitative estimate of drug-likeness (QED) is 0.774. The average Bonchev–Trinajstić information content (AvgIpc) is 2.41. The van der Waals surface area contributed by atoms with Gasteiger partial charge < -0.3 is 10.8 Å². The van der Waals surface area contributed by atoms with Crippen molar-refractivity contribution in [2.24, 2.45) is 5.73 Å². The number of sulfonamides is 1. The number of nitrogens with one attached hydrogen (secondary N) is 1. The molecule has 0 aliphatic heterocycles. The summed E-state index contributed by atoms with van der Waals surface area (Å²) in [5, 5.41) is 9.46. The third kappa shape index (κ3) is 3.58. The van der Waals surface area contributed by atoms with Gasteiger partial charge in [0, 0.05) is 12.6 Å². The molecule has 0 heterocycles. The second-order valence-corrected chi connectivity index (χ2v) is 7.11. The van der Waals surface area contributed by atoms with Gasteiger partial charge in [-0.2, -0.15) is 0 Å². The fourth-order valence-corrected chi connectivity index (χ4v) is 4.14. The Hall–Kier alpha value is -0.950. The van der Waals surface area contributed by atoms with E-state index in [0.717, 1.165) is 5.56 Å². The van der Waals surface area contributed by atoms with Crippen LogP contribution in [0.3, 0.4) is 0 Å². The predicted octanol–water partition coefficient (Wildman–Crippen LogP) is 1.04. The largest absolute Gasteiger partial charge is 0.393 e. The van der Waals surface area contributed by atoms with Gasteiger partial charge >= 0.3 is 0 Å². The molecule has 5 nitrogen and oxygen atoms in total. The second kappa shape index (κ2) is 6.22. The summed E-state index contributed by atoms with van der Waals surface area (Å²) in [6, 6.07) is 5.16. The molecule has 112 valence electrons. The molecule has 0 bridgehead atoms. The lowest BCUT2D eigenvalue weighted by molar-refractivity contribution is 0.120. The van der Waals surface area contributed by atoms with Crippen LogP contribution < -0.4 is 10.5 Å². The molecule has 6 heteroatoms. The van der Waals surface area contributed by atoms with Crippen LogP contribution in [0.15, 0.2) is 23.1 Å². The molecule has 2 rings (SSSR count). The van der Waals surface area contributed by atoms with Crippen LogP contribution in [0.1, 0.15) is 36.8 Å². The number of aryl methyl sites for hydroxylation is 1. The predicted molar refractivity (Wildman–Crippen MR) is 77.7 cm³/mol. The molecule has 1 fully saturated rings. The molecule has 1 aromatic carbocycles. The van der Waals surface area contributed by atoms with E-state index in [9.17, 15) is 13.5 Å². The van der Waals surface area contributed by atoms with E-state index in [1.54, 1.807) is 19.1 Å². The van der Waals surface area contributed by atoms with Crippen LogP contribution >= 0.6 is 0 Å². The molecular weight excluding hydrogens is 276 g/mol.